The molecule has 0 radical (unpaired) electrons. The van der Waals surface area contributed by atoms with Crippen LogP contribution in [0.25, 0.3) is 43.1 Å². The Morgan fingerprint density at radius 3 is 1.24 bits per heavy atom. The monoisotopic (exact) mass is 726 g/mol. The van der Waals surface area contributed by atoms with Crippen LogP contribution in [0.4, 0.5) is 0 Å². The largest absolute Gasteiger partial charge is 0.214 e. The average Bonchev–Trinajstić information content (AvgIpc) is 3.78. The third-order valence-electron chi connectivity index (χ3n) is 9.64. The minimum Gasteiger partial charge on any atom is -0.214 e. The van der Waals surface area contributed by atoms with E-state index in [4.69, 9.17) is 0 Å². The smallest absolute Gasteiger partial charge is 0.172 e. The molecule has 0 heterocycles. The Labute approximate surface area is 313 Å². The maximum Gasteiger partial charge on any atom is -0.172 e. The molecule has 0 aliphatic rings. The topological polar surface area (TPSA) is 0 Å². The zero-order chi connectivity index (χ0) is 35.6. The summed E-state index contributed by atoms with van der Waals surface area (Å²) in [5.74, 6) is 0. The summed E-state index contributed by atoms with van der Waals surface area (Å²) < 4.78 is 1.41. The normalized spacial score (nSPS) is 11.7. The number of rotatable bonds is 2. The second-order valence-corrected chi connectivity index (χ2v) is 16.8. The summed E-state index contributed by atoms with van der Waals surface area (Å²) in [7, 11) is 0. The fraction of sp³-hybridized carbons (Fsp3) is 0.204. The van der Waals surface area contributed by atoms with Gasteiger partial charge in [0.15, 0.2) is 0 Å². The van der Waals surface area contributed by atoms with E-state index in [2.05, 4.69) is 171 Å². The van der Waals surface area contributed by atoms with Crippen LogP contribution in [0.3, 0.4) is 0 Å². The molecule has 0 saturated carbocycles. The Morgan fingerprint density at radius 2 is 0.880 bits per heavy atom. The van der Waals surface area contributed by atoms with Gasteiger partial charge in [0.1, 0.15) is 0 Å². The molecular formula is C49H48Zr. The van der Waals surface area contributed by atoms with E-state index >= 15 is 0 Å². The molecule has 50 heavy (non-hydrogen) atoms. The van der Waals surface area contributed by atoms with Crippen molar-refractivity contribution < 1.29 is 24.2 Å². The molecule has 0 aliphatic carbocycles. The predicted octanol–water partition coefficient (Wildman–Crippen LogP) is 13.4. The Morgan fingerprint density at radius 1 is 0.480 bits per heavy atom. The van der Waals surface area contributed by atoms with Crippen LogP contribution in [0, 0.1) is 13.8 Å². The van der Waals surface area contributed by atoms with Gasteiger partial charge in [0.25, 0.3) is 0 Å². The second kappa shape index (κ2) is 14.6. The minimum absolute atomic E-state index is 0.180. The first-order valence-electron chi connectivity index (χ1n) is 17.7. The molecule has 0 amide bonds. The van der Waals surface area contributed by atoms with Crippen molar-refractivity contribution in [2.75, 3.05) is 0 Å². The molecular weight excluding hydrogens is 680 g/mol. The molecule has 8 aromatic carbocycles. The maximum atomic E-state index is 2.43. The van der Waals surface area contributed by atoms with E-state index in [1.165, 1.54) is 104 Å². The summed E-state index contributed by atoms with van der Waals surface area (Å²) in [5, 5.41) is 10.8. The number of benzene rings is 6. The summed E-state index contributed by atoms with van der Waals surface area (Å²) >= 11 is 1.44. The molecule has 0 unspecified atom stereocenters. The van der Waals surface area contributed by atoms with E-state index < -0.39 is 0 Å². The van der Waals surface area contributed by atoms with Crippen LogP contribution in [0.5, 0.6) is 0 Å². The van der Waals surface area contributed by atoms with Gasteiger partial charge < -0.3 is 0 Å². The van der Waals surface area contributed by atoms with Crippen LogP contribution in [0.1, 0.15) is 74.9 Å². The van der Waals surface area contributed by atoms with Crippen molar-refractivity contribution in [1.82, 2.24) is 0 Å². The number of fused-ring (bicyclic) bond motifs is 5. The first-order valence-corrected chi connectivity index (χ1v) is 18.9. The third kappa shape index (κ3) is 7.90. The molecule has 0 aromatic heterocycles. The second-order valence-electron chi connectivity index (χ2n) is 15.6. The van der Waals surface area contributed by atoms with Gasteiger partial charge in [0, 0.05) is 0 Å². The molecule has 8 aromatic rings. The van der Waals surface area contributed by atoms with Crippen molar-refractivity contribution in [2.45, 2.75) is 66.2 Å². The number of hydrogen-bond acceptors (Lipinski definition) is 0. The van der Waals surface area contributed by atoms with Gasteiger partial charge in [-0.2, -0.15) is 18.2 Å². The summed E-state index contributed by atoms with van der Waals surface area (Å²) in [5.41, 5.74) is 8.71. The molecule has 0 bridgehead atoms. The predicted molar refractivity (Wildman–Crippen MR) is 217 cm³/mol. The quantitative estimate of drug-likeness (QED) is 0.156. The maximum absolute atomic E-state index is 2.43. The molecule has 8 rings (SSSR count). The Balaban J connectivity index is 0.000000152. The Bertz CT molecular complexity index is 2240. The van der Waals surface area contributed by atoms with Crippen LogP contribution >= 0.6 is 0 Å². The summed E-state index contributed by atoms with van der Waals surface area (Å²) in [4.78, 5) is 0. The minimum atomic E-state index is 0.180. The zero-order valence-electron chi connectivity index (χ0n) is 30.9. The molecule has 248 valence electrons. The van der Waals surface area contributed by atoms with Crippen molar-refractivity contribution in [3.8, 4) is 0 Å². The number of aryl methyl sites for hydroxylation is 2. The van der Waals surface area contributed by atoms with E-state index in [0.29, 0.717) is 0 Å². The van der Waals surface area contributed by atoms with Gasteiger partial charge in [-0.15, -0.1) is 39.7 Å². The molecule has 0 fully saturated rings. The molecule has 0 nitrogen and oxygen atoms in total. The molecule has 1 heteroatoms. The van der Waals surface area contributed by atoms with Gasteiger partial charge in [0.05, 0.1) is 0 Å². The molecule has 0 aliphatic heterocycles. The van der Waals surface area contributed by atoms with E-state index in [1.807, 2.05) is 30.3 Å². The van der Waals surface area contributed by atoms with Crippen LogP contribution in [-0.2, 0) is 35.1 Å². The fourth-order valence-corrected chi connectivity index (χ4v) is 7.89. The first kappa shape index (κ1) is 35.6. The van der Waals surface area contributed by atoms with Gasteiger partial charge in [-0.05, 0) is 24.7 Å². The Hall–Kier alpha value is -4.19. The van der Waals surface area contributed by atoms with Gasteiger partial charge >= 0.3 is 145 Å². The first-order chi connectivity index (χ1) is 23.8. The van der Waals surface area contributed by atoms with E-state index in [0.717, 1.165) is 0 Å². The third-order valence-corrected chi connectivity index (χ3v) is 11.1. The SMILES string of the molecule is Cc1cc2[cH-]c3cc(C)c(C(C)(C)C)cc3c2cc1C(C)(C)C.[Zr+2]=[C](c1ccc2ccccc2c1)c1ccc2ccccc2c1.c1cc[cH-]c1. The van der Waals surface area contributed by atoms with Crippen LogP contribution in [-0.4, -0.2) is 3.21 Å². The van der Waals surface area contributed by atoms with E-state index in [-0.39, 0.29) is 10.8 Å². The van der Waals surface area contributed by atoms with Crippen molar-refractivity contribution >= 4 is 46.3 Å². The van der Waals surface area contributed by atoms with Crippen LogP contribution < -0.4 is 0 Å². The van der Waals surface area contributed by atoms with Gasteiger partial charge in [-0.1, -0.05) is 75.9 Å². The molecule has 0 saturated heterocycles. The van der Waals surface area contributed by atoms with E-state index in [1.54, 1.807) is 0 Å². The average molecular weight is 728 g/mol. The summed E-state index contributed by atoms with van der Waals surface area (Å²) in [6.07, 6.45) is 0. The number of hydrogen-bond donors (Lipinski definition) is 0. The van der Waals surface area contributed by atoms with Gasteiger partial charge in [0.2, 0.25) is 0 Å². The Kier molecular flexibility index (Phi) is 10.4. The van der Waals surface area contributed by atoms with Crippen LogP contribution in [0.15, 0.2) is 146 Å². The van der Waals surface area contributed by atoms with Gasteiger partial charge in [-0.3, -0.25) is 0 Å². The summed E-state index contributed by atoms with van der Waals surface area (Å²) in [6, 6.07) is 52.5. The zero-order valence-corrected chi connectivity index (χ0v) is 33.3. The summed E-state index contributed by atoms with van der Waals surface area (Å²) in [6.45, 7) is 18.3. The molecule has 0 N–H and O–H groups in total. The van der Waals surface area contributed by atoms with E-state index in [9.17, 15) is 0 Å². The molecule has 0 atom stereocenters. The van der Waals surface area contributed by atoms with Crippen molar-refractivity contribution in [2.24, 2.45) is 0 Å². The van der Waals surface area contributed by atoms with Crippen molar-refractivity contribution in [1.29, 1.82) is 0 Å². The molecule has 0 spiro atoms. The van der Waals surface area contributed by atoms with Crippen molar-refractivity contribution in [3.63, 3.8) is 0 Å². The standard InChI is InChI=1S/C23H29.C21H14.C5H5.Zr/c1-14-9-16-11-17-10-15(2)21(23(6,7)8)13-19(17)18(16)12-20(14)22(3,4)5;1-3-7-20-14-16(9-11-18(20)5-1)13-17-10-12-19-6-2-4-8-21(19)15-17;1-2-4-5-3-1;/h9-13H,1-8H3;1-12,14-15H;1-5H;/q-1;;-1;+2. The van der Waals surface area contributed by atoms with Gasteiger partial charge in [-0.25, -0.2) is 12.1 Å². The van der Waals surface area contributed by atoms with Crippen molar-refractivity contribution in [3.05, 3.63) is 179 Å². The van der Waals surface area contributed by atoms with Crippen LogP contribution in [0.2, 0.25) is 0 Å². The fourth-order valence-electron chi connectivity index (χ4n) is 7.13.